The molecule has 0 radical (unpaired) electrons. The summed E-state index contributed by atoms with van der Waals surface area (Å²) in [5.41, 5.74) is 1.86. The molecule has 5 rings (SSSR count). The van der Waals surface area contributed by atoms with Gasteiger partial charge in [0.1, 0.15) is 23.4 Å². The van der Waals surface area contributed by atoms with Gasteiger partial charge in [-0.2, -0.15) is 0 Å². The summed E-state index contributed by atoms with van der Waals surface area (Å²) in [6.07, 6.45) is 7.18. The summed E-state index contributed by atoms with van der Waals surface area (Å²) < 4.78 is 26.9. The minimum Gasteiger partial charge on any atom is -0.495 e. The van der Waals surface area contributed by atoms with E-state index < -0.39 is 0 Å². The number of rotatable bonds is 9. The van der Waals surface area contributed by atoms with E-state index in [2.05, 4.69) is 9.47 Å². The van der Waals surface area contributed by atoms with Crippen molar-refractivity contribution in [3.05, 3.63) is 60.0 Å². The van der Waals surface area contributed by atoms with E-state index in [1.165, 1.54) is 12.1 Å². The van der Waals surface area contributed by atoms with Crippen molar-refractivity contribution in [2.75, 3.05) is 26.7 Å². The molecule has 3 aromatic rings. The molecule has 1 aliphatic carbocycles. The number of halogens is 1. The number of nitrogens with zero attached hydrogens (tertiary/aromatic N) is 2. The zero-order valence-corrected chi connectivity index (χ0v) is 19.1. The second-order valence-corrected chi connectivity index (χ2v) is 9.20. The second kappa shape index (κ2) is 9.56. The lowest BCUT2D eigenvalue weighted by molar-refractivity contribution is 0.0969. The Morgan fingerprint density at radius 3 is 2.48 bits per heavy atom. The van der Waals surface area contributed by atoms with E-state index in [0.29, 0.717) is 0 Å². The van der Waals surface area contributed by atoms with Gasteiger partial charge in [0.15, 0.2) is 5.78 Å². The number of para-hydroxylation sites is 1. The van der Waals surface area contributed by atoms with Crippen LogP contribution in [0.4, 0.5) is 4.39 Å². The van der Waals surface area contributed by atoms with Gasteiger partial charge >= 0.3 is 0 Å². The maximum Gasteiger partial charge on any atom is 0.168 e. The van der Waals surface area contributed by atoms with Gasteiger partial charge in [-0.3, -0.25) is 4.79 Å². The fourth-order valence-corrected chi connectivity index (χ4v) is 4.85. The van der Waals surface area contributed by atoms with Crippen molar-refractivity contribution >= 4 is 16.7 Å². The lowest BCUT2D eigenvalue weighted by Gasteiger charge is -2.32. The highest BCUT2D eigenvalue weighted by Gasteiger charge is 2.32. The van der Waals surface area contributed by atoms with Crippen LogP contribution in [0.25, 0.3) is 10.9 Å². The molecule has 0 unspecified atom stereocenters. The first-order valence-electron chi connectivity index (χ1n) is 12.0. The van der Waals surface area contributed by atoms with Gasteiger partial charge in [0.2, 0.25) is 0 Å². The van der Waals surface area contributed by atoms with E-state index in [-0.39, 0.29) is 23.6 Å². The quantitative estimate of drug-likeness (QED) is 0.414. The van der Waals surface area contributed by atoms with Crippen molar-refractivity contribution in [2.45, 2.75) is 44.8 Å². The van der Waals surface area contributed by atoms with Gasteiger partial charge in [-0.15, -0.1) is 0 Å². The molecule has 1 aliphatic heterocycles. The van der Waals surface area contributed by atoms with Gasteiger partial charge in [0, 0.05) is 42.7 Å². The molecule has 1 aromatic heterocycles. The number of carbonyl (C=O) groups is 1. The zero-order chi connectivity index (χ0) is 22.8. The van der Waals surface area contributed by atoms with Crippen molar-refractivity contribution in [2.24, 2.45) is 5.92 Å². The lowest BCUT2D eigenvalue weighted by Crippen LogP contribution is -2.38. The van der Waals surface area contributed by atoms with Gasteiger partial charge in [0.25, 0.3) is 0 Å². The summed E-state index contributed by atoms with van der Waals surface area (Å²) in [7, 11) is 1.69. The van der Waals surface area contributed by atoms with Gasteiger partial charge < -0.3 is 18.9 Å². The molecule has 33 heavy (non-hydrogen) atoms. The van der Waals surface area contributed by atoms with Crippen LogP contribution in [0, 0.1) is 11.7 Å². The number of ether oxygens (including phenoxy) is 2. The first kappa shape index (κ1) is 22.0. The third kappa shape index (κ3) is 4.91. The van der Waals surface area contributed by atoms with Crippen LogP contribution < -0.4 is 9.47 Å². The number of likely N-dealkylation sites (tertiary alicyclic amines) is 1. The van der Waals surface area contributed by atoms with Crippen LogP contribution in [0.3, 0.4) is 0 Å². The smallest absolute Gasteiger partial charge is 0.168 e. The van der Waals surface area contributed by atoms with Crippen LogP contribution in [-0.4, -0.2) is 48.1 Å². The normalized spacial score (nSPS) is 17.4. The highest BCUT2D eigenvalue weighted by molar-refractivity contribution is 6.11. The second-order valence-electron chi connectivity index (χ2n) is 9.20. The van der Waals surface area contributed by atoms with Crippen LogP contribution >= 0.6 is 0 Å². The summed E-state index contributed by atoms with van der Waals surface area (Å²) in [6, 6.07) is 12.2. The molecule has 0 bridgehead atoms. The van der Waals surface area contributed by atoms with Gasteiger partial charge in [-0.05, 0) is 69.0 Å². The van der Waals surface area contributed by atoms with Crippen molar-refractivity contribution < 1.29 is 18.7 Å². The molecular formula is C27H31FN2O3. The third-order valence-corrected chi connectivity index (χ3v) is 6.82. The van der Waals surface area contributed by atoms with Crippen molar-refractivity contribution in [1.82, 2.24) is 9.47 Å². The minimum absolute atomic E-state index is 0.181. The number of methoxy groups -OCH3 is 1. The molecule has 2 fully saturated rings. The Morgan fingerprint density at radius 2 is 1.79 bits per heavy atom. The van der Waals surface area contributed by atoms with E-state index in [0.717, 1.165) is 86.2 Å². The molecule has 6 heteroatoms. The van der Waals surface area contributed by atoms with E-state index >= 15 is 0 Å². The van der Waals surface area contributed by atoms with Crippen LogP contribution in [0.5, 0.6) is 11.5 Å². The van der Waals surface area contributed by atoms with Gasteiger partial charge in [0.05, 0.1) is 12.6 Å². The number of carbonyl (C=O) groups excluding carboxylic acids is 1. The first-order valence-corrected chi connectivity index (χ1v) is 12.0. The molecule has 0 spiro atoms. The van der Waals surface area contributed by atoms with Crippen molar-refractivity contribution in [3.63, 3.8) is 0 Å². The van der Waals surface area contributed by atoms with E-state index in [9.17, 15) is 9.18 Å². The topological polar surface area (TPSA) is 43.7 Å². The highest BCUT2D eigenvalue weighted by Crippen LogP contribution is 2.37. The Hall–Kier alpha value is -2.86. The zero-order valence-electron chi connectivity index (χ0n) is 19.1. The number of fused-ring (bicyclic) bond motifs is 1. The van der Waals surface area contributed by atoms with E-state index in [1.807, 2.05) is 24.4 Å². The molecular weight excluding hydrogens is 419 g/mol. The van der Waals surface area contributed by atoms with Crippen LogP contribution in [0.1, 0.15) is 42.5 Å². The Kier molecular flexibility index (Phi) is 6.36. The van der Waals surface area contributed by atoms with Gasteiger partial charge in [-0.25, -0.2) is 4.39 Å². The lowest BCUT2D eigenvalue weighted by atomic mass is 10.1. The molecule has 174 valence electrons. The maximum absolute atomic E-state index is 13.1. The molecule has 1 saturated heterocycles. The summed E-state index contributed by atoms with van der Waals surface area (Å²) in [4.78, 5) is 15.3. The Labute approximate surface area is 194 Å². The summed E-state index contributed by atoms with van der Waals surface area (Å²) in [6.45, 7) is 3.84. The summed E-state index contributed by atoms with van der Waals surface area (Å²) in [5, 5.41) is 1.00. The van der Waals surface area contributed by atoms with E-state index in [1.54, 1.807) is 19.2 Å². The maximum atomic E-state index is 13.1. The first-order chi connectivity index (χ1) is 16.1. The number of hydrogen-bond donors (Lipinski definition) is 0. The molecule has 1 saturated carbocycles. The number of Topliss-reactive ketones (excluding diaryl/α,β-unsaturated/α-hetero) is 1. The number of benzene rings is 2. The molecule has 2 heterocycles. The van der Waals surface area contributed by atoms with Gasteiger partial charge in [-0.1, -0.05) is 12.1 Å². The SMILES string of the molecule is COc1cccc2c(C(=O)C3CC3)cn(CCCN3CCC(Oc4ccc(F)cc4)CC3)c12. The van der Waals surface area contributed by atoms with Crippen molar-refractivity contribution in [3.8, 4) is 11.5 Å². The number of aryl methyl sites for hydroxylation is 1. The Morgan fingerprint density at radius 1 is 1.03 bits per heavy atom. The molecule has 0 amide bonds. The predicted octanol–water partition coefficient (Wildman–Crippen LogP) is 5.32. The fraction of sp³-hybridized carbons (Fsp3) is 0.444. The van der Waals surface area contributed by atoms with E-state index in [4.69, 9.17) is 9.47 Å². The van der Waals surface area contributed by atoms with Crippen molar-refractivity contribution in [1.29, 1.82) is 0 Å². The molecule has 5 nitrogen and oxygen atoms in total. The van der Waals surface area contributed by atoms with Crippen LogP contribution in [0.15, 0.2) is 48.7 Å². The molecule has 0 atom stereocenters. The number of hydrogen-bond acceptors (Lipinski definition) is 4. The Balaban J connectivity index is 1.18. The number of ketones is 1. The summed E-state index contributed by atoms with van der Waals surface area (Å²) in [5.74, 6) is 1.79. The molecule has 2 aliphatic rings. The highest BCUT2D eigenvalue weighted by atomic mass is 19.1. The molecule has 0 N–H and O–H groups in total. The average Bonchev–Trinajstić information content (AvgIpc) is 3.63. The standard InChI is InChI=1S/C27H31FN2O3/c1-32-25-5-2-4-23-24(27(31)19-6-7-19)18-30(26(23)25)15-3-14-29-16-12-22(13-17-29)33-21-10-8-20(28)9-11-21/h2,4-5,8-11,18-19,22H,3,6-7,12-17H2,1H3. The summed E-state index contributed by atoms with van der Waals surface area (Å²) >= 11 is 0. The largest absolute Gasteiger partial charge is 0.495 e. The fourth-order valence-electron chi connectivity index (χ4n) is 4.85. The number of piperidine rings is 1. The minimum atomic E-state index is -0.241. The Bertz CT molecular complexity index is 1110. The van der Waals surface area contributed by atoms with Crippen LogP contribution in [0.2, 0.25) is 0 Å². The average molecular weight is 451 g/mol. The predicted molar refractivity (Wildman–Crippen MR) is 127 cm³/mol. The number of aromatic nitrogens is 1. The molecule has 2 aromatic carbocycles. The monoisotopic (exact) mass is 450 g/mol. The van der Waals surface area contributed by atoms with Crippen LogP contribution in [-0.2, 0) is 6.54 Å². The third-order valence-electron chi connectivity index (χ3n) is 6.82.